The van der Waals surface area contributed by atoms with Gasteiger partial charge in [0.2, 0.25) is 5.88 Å². The SMILES string of the molecule is O=C(O)Cc1cn(-c2ccccc2)nc1OCc1ccccc1. The fraction of sp³-hybridized carbons (Fsp3) is 0.111. The van der Waals surface area contributed by atoms with Gasteiger partial charge in [-0.2, -0.15) is 0 Å². The third-order valence-corrected chi connectivity index (χ3v) is 3.33. The Kier molecular flexibility index (Phi) is 4.38. The Labute approximate surface area is 133 Å². The molecule has 0 aliphatic rings. The largest absolute Gasteiger partial charge is 0.481 e. The lowest BCUT2D eigenvalue weighted by Crippen LogP contribution is -2.02. The number of carboxylic acid groups (broad SMARTS) is 1. The second-order valence-corrected chi connectivity index (χ2v) is 5.08. The van der Waals surface area contributed by atoms with Gasteiger partial charge in [-0.15, -0.1) is 5.10 Å². The standard InChI is InChI=1S/C18H16N2O3/c21-17(22)11-15-12-20(16-9-5-2-6-10-16)19-18(15)23-13-14-7-3-1-4-8-14/h1-10,12H,11,13H2,(H,21,22). The van der Waals surface area contributed by atoms with Crippen molar-refractivity contribution in [1.29, 1.82) is 0 Å². The van der Waals surface area contributed by atoms with Gasteiger partial charge in [-0.1, -0.05) is 48.5 Å². The Morgan fingerprint density at radius 1 is 1.04 bits per heavy atom. The molecular formula is C18H16N2O3. The van der Waals surface area contributed by atoms with E-state index >= 15 is 0 Å². The molecule has 0 aliphatic heterocycles. The van der Waals surface area contributed by atoms with Crippen LogP contribution in [0.2, 0.25) is 0 Å². The van der Waals surface area contributed by atoms with Gasteiger partial charge in [0.15, 0.2) is 0 Å². The van der Waals surface area contributed by atoms with E-state index in [0.29, 0.717) is 18.1 Å². The summed E-state index contributed by atoms with van der Waals surface area (Å²) in [6.07, 6.45) is 1.57. The zero-order valence-corrected chi connectivity index (χ0v) is 12.4. The molecule has 1 heterocycles. The minimum absolute atomic E-state index is 0.128. The monoisotopic (exact) mass is 308 g/mol. The Hall–Kier alpha value is -3.08. The minimum Gasteiger partial charge on any atom is -0.481 e. The van der Waals surface area contributed by atoms with Crippen molar-refractivity contribution >= 4 is 5.97 Å². The second kappa shape index (κ2) is 6.79. The Balaban J connectivity index is 1.85. The molecule has 0 radical (unpaired) electrons. The zero-order chi connectivity index (χ0) is 16.1. The molecule has 116 valence electrons. The van der Waals surface area contributed by atoms with E-state index < -0.39 is 5.97 Å². The van der Waals surface area contributed by atoms with Crippen molar-refractivity contribution in [2.45, 2.75) is 13.0 Å². The quantitative estimate of drug-likeness (QED) is 0.760. The number of rotatable bonds is 6. The molecule has 1 N–H and O–H groups in total. The highest BCUT2D eigenvalue weighted by Gasteiger charge is 2.14. The van der Waals surface area contributed by atoms with Gasteiger partial charge in [0, 0.05) is 11.8 Å². The molecule has 0 amide bonds. The summed E-state index contributed by atoms with van der Waals surface area (Å²) in [4.78, 5) is 11.0. The Bertz CT molecular complexity index is 783. The zero-order valence-electron chi connectivity index (χ0n) is 12.4. The van der Waals surface area contributed by atoms with Gasteiger partial charge < -0.3 is 9.84 Å². The van der Waals surface area contributed by atoms with Gasteiger partial charge in [0.25, 0.3) is 0 Å². The van der Waals surface area contributed by atoms with E-state index in [9.17, 15) is 4.79 Å². The number of aliphatic carboxylic acids is 1. The van der Waals surface area contributed by atoms with Crippen LogP contribution in [-0.2, 0) is 17.8 Å². The normalized spacial score (nSPS) is 10.4. The molecule has 5 nitrogen and oxygen atoms in total. The van der Waals surface area contributed by atoms with E-state index in [1.54, 1.807) is 10.9 Å². The number of para-hydroxylation sites is 1. The van der Waals surface area contributed by atoms with Gasteiger partial charge in [-0.25, -0.2) is 4.68 Å². The molecule has 0 saturated heterocycles. The molecule has 0 atom stereocenters. The lowest BCUT2D eigenvalue weighted by atomic mass is 10.2. The maximum Gasteiger partial charge on any atom is 0.308 e. The lowest BCUT2D eigenvalue weighted by molar-refractivity contribution is -0.136. The summed E-state index contributed by atoms with van der Waals surface area (Å²) < 4.78 is 7.37. The summed E-state index contributed by atoms with van der Waals surface area (Å²) in [7, 11) is 0. The van der Waals surface area contributed by atoms with Crippen molar-refractivity contribution in [2.24, 2.45) is 0 Å². The predicted octanol–water partition coefficient (Wildman–Crippen LogP) is 3.08. The maximum absolute atomic E-state index is 11.0. The summed E-state index contributed by atoms with van der Waals surface area (Å²) in [5.41, 5.74) is 2.41. The minimum atomic E-state index is -0.915. The van der Waals surface area contributed by atoms with Crippen molar-refractivity contribution in [3.63, 3.8) is 0 Å². The molecule has 0 bridgehead atoms. The number of hydrogen-bond donors (Lipinski definition) is 1. The topological polar surface area (TPSA) is 64.3 Å². The van der Waals surface area contributed by atoms with Crippen LogP contribution in [0.1, 0.15) is 11.1 Å². The van der Waals surface area contributed by atoms with E-state index in [-0.39, 0.29) is 6.42 Å². The Morgan fingerprint density at radius 3 is 2.35 bits per heavy atom. The summed E-state index contributed by atoms with van der Waals surface area (Å²) in [5.74, 6) is -0.567. The number of carboxylic acids is 1. The van der Waals surface area contributed by atoms with Crippen LogP contribution in [0, 0.1) is 0 Å². The highest BCUT2D eigenvalue weighted by Crippen LogP contribution is 2.21. The first-order valence-electron chi connectivity index (χ1n) is 7.25. The molecule has 0 spiro atoms. The first-order chi connectivity index (χ1) is 11.2. The fourth-order valence-electron chi connectivity index (χ4n) is 2.24. The molecule has 0 fully saturated rings. The summed E-state index contributed by atoms with van der Waals surface area (Å²) in [6.45, 7) is 0.346. The van der Waals surface area contributed by atoms with Crippen molar-refractivity contribution in [3.05, 3.63) is 78.0 Å². The maximum atomic E-state index is 11.0. The average molecular weight is 308 g/mol. The summed E-state index contributed by atoms with van der Waals surface area (Å²) in [6, 6.07) is 19.2. The number of nitrogens with zero attached hydrogens (tertiary/aromatic N) is 2. The number of ether oxygens (including phenoxy) is 1. The van der Waals surface area contributed by atoms with Gasteiger partial charge in [-0.3, -0.25) is 4.79 Å². The van der Waals surface area contributed by atoms with Crippen molar-refractivity contribution in [3.8, 4) is 11.6 Å². The highest BCUT2D eigenvalue weighted by molar-refractivity contribution is 5.71. The van der Waals surface area contributed by atoms with Gasteiger partial charge in [0.1, 0.15) is 6.61 Å². The predicted molar refractivity (Wildman–Crippen MR) is 85.7 cm³/mol. The third kappa shape index (κ3) is 3.77. The number of hydrogen-bond acceptors (Lipinski definition) is 3. The van der Waals surface area contributed by atoms with Crippen LogP contribution >= 0.6 is 0 Å². The smallest absolute Gasteiger partial charge is 0.308 e. The molecule has 2 aromatic carbocycles. The van der Waals surface area contributed by atoms with Crippen LogP contribution in [0.25, 0.3) is 5.69 Å². The van der Waals surface area contributed by atoms with Crippen LogP contribution in [0.5, 0.6) is 5.88 Å². The molecular weight excluding hydrogens is 292 g/mol. The van der Waals surface area contributed by atoms with E-state index in [1.807, 2.05) is 60.7 Å². The first-order valence-corrected chi connectivity index (χ1v) is 7.25. The molecule has 23 heavy (non-hydrogen) atoms. The van der Waals surface area contributed by atoms with Crippen LogP contribution in [0.3, 0.4) is 0 Å². The molecule has 1 aromatic heterocycles. The summed E-state index contributed by atoms with van der Waals surface area (Å²) in [5, 5.41) is 13.4. The van der Waals surface area contributed by atoms with E-state index in [1.165, 1.54) is 0 Å². The molecule has 5 heteroatoms. The lowest BCUT2D eigenvalue weighted by Gasteiger charge is -2.04. The molecule has 3 rings (SSSR count). The van der Waals surface area contributed by atoms with E-state index in [0.717, 1.165) is 11.3 Å². The number of aromatic nitrogens is 2. The molecule has 3 aromatic rings. The number of carbonyl (C=O) groups is 1. The van der Waals surface area contributed by atoms with Crippen LogP contribution < -0.4 is 4.74 Å². The van der Waals surface area contributed by atoms with Crippen molar-refractivity contribution < 1.29 is 14.6 Å². The van der Waals surface area contributed by atoms with Gasteiger partial charge in [0.05, 0.1) is 12.1 Å². The molecule has 0 unspecified atom stereocenters. The third-order valence-electron chi connectivity index (χ3n) is 3.33. The van der Waals surface area contributed by atoms with E-state index in [2.05, 4.69) is 5.10 Å². The fourth-order valence-corrected chi connectivity index (χ4v) is 2.24. The first kappa shape index (κ1) is 14.8. The van der Waals surface area contributed by atoms with Crippen molar-refractivity contribution in [2.75, 3.05) is 0 Å². The Morgan fingerprint density at radius 2 is 1.70 bits per heavy atom. The van der Waals surface area contributed by atoms with E-state index in [4.69, 9.17) is 9.84 Å². The highest BCUT2D eigenvalue weighted by atomic mass is 16.5. The average Bonchev–Trinajstić information content (AvgIpc) is 2.97. The van der Waals surface area contributed by atoms with Crippen molar-refractivity contribution in [1.82, 2.24) is 9.78 Å². The number of benzene rings is 2. The van der Waals surface area contributed by atoms with Crippen LogP contribution in [-0.4, -0.2) is 20.9 Å². The van der Waals surface area contributed by atoms with Gasteiger partial charge in [-0.05, 0) is 17.7 Å². The summed E-state index contributed by atoms with van der Waals surface area (Å²) >= 11 is 0. The molecule has 0 aliphatic carbocycles. The molecule has 0 saturated carbocycles. The van der Waals surface area contributed by atoms with Gasteiger partial charge >= 0.3 is 5.97 Å². The second-order valence-electron chi connectivity index (χ2n) is 5.08. The van der Waals surface area contributed by atoms with Crippen LogP contribution in [0.15, 0.2) is 66.9 Å². The van der Waals surface area contributed by atoms with Crippen LogP contribution in [0.4, 0.5) is 0 Å².